The van der Waals surface area contributed by atoms with E-state index in [1.54, 1.807) is 0 Å². The van der Waals surface area contributed by atoms with Gasteiger partial charge in [-0.2, -0.15) is 0 Å². The van der Waals surface area contributed by atoms with Crippen molar-refractivity contribution in [3.05, 3.63) is 40.1 Å². The number of alkyl halides is 1. The molecule has 0 bridgehead atoms. The number of carbonyl (C=O) groups is 1. The van der Waals surface area contributed by atoms with Gasteiger partial charge in [-0.25, -0.2) is 14.2 Å². The lowest BCUT2D eigenvalue weighted by Gasteiger charge is -2.10. The van der Waals surface area contributed by atoms with Crippen molar-refractivity contribution < 1.29 is 14.3 Å². The van der Waals surface area contributed by atoms with Gasteiger partial charge in [0.05, 0.1) is 11.6 Å². The van der Waals surface area contributed by atoms with Crippen molar-refractivity contribution in [2.45, 2.75) is 13.0 Å². The van der Waals surface area contributed by atoms with Gasteiger partial charge in [-0.05, 0) is 12.5 Å². The molecule has 0 atom stereocenters. The molecular weight excluding hydrogens is 275 g/mol. The van der Waals surface area contributed by atoms with Gasteiger partial charge in [0, 0.05) is 18.6 Å². The van der Waals surface area contributed by atoms with Crippen molar-refractivity contribution in [3.63, 3.8) is 0 Å². The first-order valence-corrected chi connectivity index (χ1v) is 6.06. The quantitative estimate of drug-likeness (QED) is 0.870. The van der Waals surface area contributed by atoms with Crippen LogP contribution in [0.5, 0.6) is 0 Å². The van der Waals surface area contributed by atoms with Crippen LogP contribution in [-0.2, 0) is 6.54 Å². The molecule has 100 valence electrons. The second kappa shape index (κ2) is 5.36. The van der Waals surface area contributed by atoms with Crippen LogP contribution in [0.3, 0.4) is 0 Å². The van der Waals surface area contributed by atoms with Crippen LogP contribution in [0.2, 0.25) is 0 Å². The van der Waals surface area contributed by atoms with Crippen LogP contribution in [0.25, 0.3) is 11.0 Å². The van der Waals surface area contributed by atoms with Crippen LogP contribution in [0, 0.1) is 5.82 Å². The summed E-state index contributed by atoms with van der Waals surface area (Å²) >= 11 is 5.59. The summed E-state index contributed by atoms with van der Waals surface area (Å²) in [6, 6.07) is 0.994. The third-order valence-electron chi connectivity index (χ3n) is 2.64. The van der Waals surface area contributed by atoms with Gasteiger partial charge in [0.15, 0.2) is 0 Å². The van der Waals surface area contributed by atoms with Crippen molar-refractivity contribution in [2.24, 2.45) is 0 Å². The van der Waals surface area contributed by atoms with Crippen molar-refractivity contribution in [1.29, 1.82) is 0 Å². The van der Waals surface area contributed by atoms with Gasteiger partial charge in [-0.3, -0.25) is 4.79 Å². The molecule has 7 heteroatoms. The summed E-state index contributed by atoms with van der Waals surface area (Å²) in [4.78, 5) is 26.8. The summed E-state index contributed by atoms with van der Waals surface area (Å²) in [5.74, 6) is -1.65. The maximum atomic E-state index is 13.2. The van der Waals surface area contributed by atoms with E-state index in [2.05, 4.69) is 4.98 Å². The van der Waals surface area contributed by atoms with Crippen molar-refractivity contribution >= 4 is 28.6 Å². The lowest BCUT2D eigenvalue weighted by atomic mass is 10.2. The lowest BCUT2D eigenvalue weighted by Crippen LogP contribution is -2.20. The normalized spacial score (nSPS) is 10.8. The number of pyridine rings is 2. The summed E-state index contributed by atoms with van der Waals surface area (Å²) in [7, 11) is 0. The Hall–Kier alpha value is -1.95. The van der Waals surface area contributed by atoms with Gasteiger partial charge < -0.3 is 9.67 Å². The number of aromatic nitrogens is 2. The molecule has 0 radical (unpaired) electrons. The Kier molecular flexibility index (Phi) is 3.80. The Labute approximate surface area is 112 Å². The van der Waals surface area contributed by atoms with Crippen LogP contribution in [0.1, 0.15) is 16.8 Å². The van der Waals surface area contributed by atoms with Crippen LogP contribution in [-0.4, -0.2) is 26.5 Å². The summed E-state index contributed by atoms with van der Waals surface area (Å²) in [6.07, 6.45) is 2.78. The molecule has 2 aromatic heterocycles. The minimum absolute atomic E-state index is 0.0468. The fraction of sp³-hybridized carbons (Fsp3) is 0.250. The van der Waals surface area contributed by atoms with Gasteiger partial charge in [0.1, 0.15) is 17.0 Å². The first-order chi connectivity index (χ1) is 9.04. The van der Waals surface area contributed by atoms with E-state index < -0.39 is 22.8 Å². The SMILES string of the molecule is O=C(O)c1cn(CCCCl)c2ncc(F)cc2c1=O. The summed E-state index contributed by atoms with van der Waals surface area (Å²) in [5.41, 5.74) is -0.896. The van der Waals surface area contributed by atoms with E-state index in [9.17, 15) is 14.0 Å². The Morgan fingerprint density at radius 3 is 2.89 bits per heavy atom. The summed E-state index contributed by atoms with van der Waals surface area (Å²) in [5, 5.41) is 8.94. The predicted octanol–water partition coefficient (Wildman–Crippen LogP) is 1.86. The largest absolute Gasteiger partial charge is 0.477 e. The lowest BCUT2D eigenvalue weighted by molar-refractivity contribution is 0.0695. The molecule has 19 heavy (non-hydrogen) atoms. The highest BCUT2D eigenvalue weighted by molar-refractivity contribution is 6.17. The molecule has 0 saturated carbocycles. The highest BCUT2D eigenvalue weighted by atomic mass is 35.5. The van der Waals surface area contributed by atoms with Crippen LogP contribution >= 0.6 is 11.6 Å². The highest BCUT2D eigenvalue weighted by Gasteiger charge is 2.15. The smallest absolute Gasteiger partial charge is 0.341 e. The number of halogens is 2. The number of fused-ring (bicyclic) bond motifs is 1. The van der Waals surface area contributed by atoms with Crippen molar-refractivity contribution in [1.82, 2.24) is 9.55 Å². The van der Waals surface area contributed by atoms with Gasteiger partial charge in [-0.15, -0.1) is 11.6 Å². The van der Waals surface area contributed by atoms with E-state index in [0.29, 0.717) is 18.8 Å². The molecule has 0 aromatic carbocycles. The van der Waals surface area contributed by atoms with E-state index >= 15 is 0 Å². The molecule has 0 aliphatic carbocycles. The Morgan fingerprint density at radius 2 is 2.26 bits per heavy atom. The van der Waals surface area contributed by atoms with Crippen molar-refractivity contribution in [3.8, 4) is 0 Å². The zero-order chi connectivity index (χ0) is 14.0. The molecule has 0 aliphatic heterocycles. The number of aromatic carboxylic acids is 1. The van der Waals surface area contributed by atoms with Crippen LogP contribution < -0.4 is 5.43 Å². The first-order valence-electron chi connectivity index (χ1n) is 5.52. The average molecular weight is 285 g/mol. The molecule has 0 spiro atoms. The van der Waals surface area contributed by atoms with E-state index in [0.717, 1.165) is 12.3 Å². The number of nitrogens with zero attached hydrogens (tertiary/aromatic N) is 2. The first kappa shape index (κ1) is 13.5. The minimum Gasteiger partial charge on any atom is -0.477 e. The number of rotatable bonds is 4. The number of hydrogen-bond acceptors (Lipinski definition) is 3. The third-order valence-corrected chi connectivity index (χ3v) is 2.91. The van der Waals surface area contributed by atoms with E-state index in [-0.39, 0.29) is 11.0 Å². The molecule has 0 fully saturated rings. The zero-order valence-electron chi connectivity index (χ0n) is 9.77. The van der Waals surface area contributed by atoms with Gasteiger partial charge in [-0.1, -0.05) is 0 Å². The molecule has 1 N–H and O–H groups in total. The standard InChI is InChI=1S/C12H10ClFN2O3/c13-2-1-3-16-6-9(12(18)19)10(17)8-4-7(14)5-15-11(8)16/h4-6H,1-3H2,(H,18,19). The molecule has 2 rings (SSSR count). The van der Waals surface area contributed by atoms with Crippen LogP contribution in [0.4, 0.5) is 4.39 Å². The zero-order valence-corrected chi connectivity index (χ0v) is 10.5. The number of carboxylic acid groups (broad SMARTS) is 1. The summed E-state index contributed by atoms with van der Waals surface area (Å²) in [6.45, 7) is 0.402. The second-order valence-corrected chi connectivity index (χ2v) is 4.32. The number of hydrogen-bond donors (Lipinski definition) is 1. The fourth-order valence-electron chi connectivity index (χ4n) is 1.80. The maximum absolute atomic E-state index is 13.2. The second-order valence-electron chi connectivity index (χ2n) is 3.94. The van der Waals surface area contributed by atoms with E-state index in [1.807, 2.05) is 0 Å². The van der Waals surface area contributed by atoms with Crippen LogP contribution in [0.15, 0.2) is 23.3 Å². The molecule has 0 saturated heterocycles. The predicted molar refractivity (Wildman–Crippen MR) is 68.3 cm³/mol. The van der Waals surface area contributed by atoms with E-state index in [4.69, 9.17) is 16.7 Å². The molecule has 0 amide bonds. The Morgan fingerprint density at radius 1 is 1.53 bits per heavy atom. The molecule has 2 heterocycles. The average Bonchev–Trinajstić information content (AvgIpc) is 2.38. The number of carboxylic acids is 1. The van der Waals surface area contributed by atoms with Gasteiger partial charge in [0.25, 0.3) is 0 Å². The molecular formula is C12H10ClFN2O3. The Bertz CT molecular complexity index is 699. The topological polar surface area (TPSA) is 72.2 Å². The molecule has 0 unspecified atom stereocenters. The third kappa shape index (κ3) is 2.58. The highest BCUT2D eigenvalue weighted by Crippen LogP contribution is 2.12. The molecule has 5 nitrogen and oxygen atoms in total. The van der Waals surface area contributed by atoms with Gasteiger partial charge in [0.2, 0.25) is 5.43 Å². The van der Waals surface area contributed by atoms with E-state index in [1.165, 1.54) is 10.8 Å². The van der Waals surface area contributed by atoms with Gasteiger partial charge >= 0.3 is 5.97 Å². The monoisotopic (exact) mass is 284 g/mol. The Balaban J connectivity index is 2.76. The fourth-order valence-corrected chi connectivity index (χ4v) is 1.92. The van der Waals surface area contributed by atoms with Crippen molar-refractivity contribution in [2.75, 3.05) is 5.88 Å². The molecule has 2 aromatic rings. The summed E-state index contributed by atoms with van der Waals surface area (Å²) < 4.78 is 14.7. The molecule has 0 aliphatic rings. The minimum atomic E-state index is -1.35. The maximum Gasteiger partial charge on any atom is 0.341 e. The number of aryl methyl sites for hydroxylation is 1.